The van der Waals surface area contributed by atoms with Gasteiger partial charge in [-0.3, -0.25) is 4.98 Å². The average Bonchev–Trinajstić information content (AvgIpc) is 2.33. The van der Waals surface area contributed by atoms with E-state index in [1.165, 1.54) is 11.1 Å². The van der Waals surface area contributed by atoms with Crippen molar-refractivity contribution in [2.24, 2.45) is 0 Å². The average molecular weight is 237 g/mol. The lowest BCUT2D eigenvalue weighted by Gasteiger charge is -2.06. The molecule has 0 aliphatic carbocycles. The van der Waals surface area contributed by atoms with Crippen molar-refractivity contribution in [2.75, 3.05) is 33.4 Å². The van der Waals surface area contributed by atoms with Gasteiger partial charge in [0.05, 0.1) is 6.61 Å². The predicted octanol–water partition coefficient (Wildman–Crippen LogP) is 1.11. The number of nitrogens with zero attached hydrogens (tertiary/aromatic N) is 1. The molecule has 0 amide bonds. The molecule has 0 aromatic carbocycles. The highest BCUT2D eigenvalue weighted by Crippen LogP contribution is 2.00. The van der Waals surface area contributed by atoms with Crippen LogP contribution in [0.3, 0.4) is 0 Å². The van der Waals surface area contributed by atoms with Crippen LogP contribution in [-0.4, -0.2) is 38.3 Å². The summed E-state index contributed by atoms with van der Waals surface area (Å²) in [4.78, 5) is 4.17. The highest BCUT2D eigenvalue weighted by Gasteiger charge is 1.93. The number of methoxy groups -OCH3 is 1. The highest BCUT2D eigenvalue weighted by molar-refractivity contribution is 5.16. The van der Waals surface area contributed by atoms with E-state index in [9.17, 15) is 0 Å². The van der Waals surface area contributed by atoms with Crippen molar-refractivity contribution in [2.45, 2.75) is 19.9 Å². The van der Waals surface area contributed by atoms with E-state index in [4.69, 9.17) is 4.74 Å². The van der Waals surface area contributed by atoms with E-state index < -0.39 is 0 Å². The third-order valence-corrected chi connectivity index (χ3v) is 2.45. The van der Waals surface area contributed by atoms with E-state index in [0.29, 0.717) is 0 Å². The predicted molar refractivity (Wildman–Crippen MR) is 70.0 cm³/mol. The van der Waals surface area contributed by atoms with Crippen molar-refractivity contribution in [1.82, 2.24) is 15.6 Å². The second-order valence-electron chi connectivity index (χ2n) is 4.14. The first kappa shape index (κ1) is 14.1. The van der Waals surface area contributed by atoms with Gasteiger partial charge in [0.25, 0.3) is 0 Å². The Balaban J connectivity index is 1.97. The molecule has 1 rings (SSSR count). The number of rotatable bonds is 9. The Morgan fingerprint density at radius 2 is 2.00 bits per heavy atom. The lowest BCUT2D eigenvalue weighted by Crippen LogP contribution is -2.24. The molecule has 1 heterocycles. The van der Waals surface area contributed by atoms with Crippen molar-refractivity contribution in [3.63, 3.8) is 0 Å². The molecule has 96 valence electrons. The van der Waals surface area contributed by atoms with E-state index in [1.54, 1.807) is 7.11 Å². The first-order valence-corrected chi connectivity index (χ1v) is 6.14. The zero-order valence-electron chi connectivity index (χ0n) is 10.8. The molecule has 0 fully saturated rings. The Labute approximate surface area is 104 Å². The number of pyridine rings is 1. The van der Waals surface area contributed by atoms with Crippen molar-refractivity contribution >= 4 is 0 Å². The topological polar surface area (TPSA) is 46.2 Å². The molecule has 1 aromatic rings. The third-order valence-electron chi connectivity index (χ3n) is 2.45. The monoisotopic (exact) mass is 237 g/mol. The maximum Gasteiger partial charge on any atom is 0.0587 e. The Morgan fingerprint density at radius 1 is 1.18 bits per heavy atom. The summed E-state index contributed by atoms with van der Waals surface area (Å²) in [7, 11) is 1.72. The molecular formula is C13H23N3O. The quantitative estimate of drug-likeness (QED) is 0.632. The fourth-order valence-electron chi connectivity index (χ4n) is 1.58. The van der Waals surface area contributed by atoms with E-state index in [2.05, 4.69) is 28.6 Å². The van der Waals surface area contributed by atoms with Crippen molar-refractivity contribution < 1.29 is 4.74 Å². The van der Waals surface area contributed by atoms with Crippen LogP contribution in [0.1, 0.15) is 17.5 Å². The molecule has 1 aromatic heterocycles. The van der Waals surface area contributed by atoms with Gasteiger partial charge in [0.15, 0.2) is 0 Å². The summed E-state index contributed by atoms with van der Waals surface area (Å²) in [5, 5.41) is 6.73. The van der Waals surface area contributed by atoms with Crippen LogP contribution in [0.25, 0.3) is 0 Å². The largest absolute Gasteiger partial charge is 0.383 e. The van der Waals surface area contributed by atoms with Crippen LogP contribution in [-0.2, 0) is 11.3 Å². The Morgan fingerprint density at radius 3 is 2.76 bits per heavy atom. The number of aryl methyl sites for hydroxylation is 1. The molecular weight excluding hydrogens is 214 g/mol. The second-order valence-corrected chi connectivity index (χ2v) is 4.14. The number of hydrogen-bond acceptors (Lipinski definition) is 4. The van der Waals surface area contributed by atoms with E-state index in [1.807, 2.05) is 12.4 Å². The standard InChI is InChI=1S/C13H23N3O/c1-12-8-13(11-16-9-12)10-15-5-3-4-14-6-7-17-2/h8-9,11,14-15H,3-7,10H2,1-2H3. The van der Waals surface area contributed by atoms with Crippen LogP contribution in [0.4, 0.5) is 0 Å². The summed E-state index contributed by atoms with van der Waals surface area (Å²) >= 11 is 0. The van der Waals surface area contributed by atoms with Crippen LogP contribution in [0.2, 0.25) is 0 Å². The molecule has 0 aliphatic heterocycles. The summed E-state index contributed by atoms with van der Waals surface area (Å²) in [6, 6.07) is 2.16. The SMILES string of the molecule is COCCNCCCNCc1cncc(C)c1. The molecule has 0 aliphatic rings. The highest BCUT2D eigenvalue weighted by atomic mass is 16.5. The fraction of sp³-hybridized carbons (Fsp3) is 0.615. The molecule has 0 saturated heterocycles. The van der Waals surface area contributed by atoms with Crippen LogP contribution in [0.15, 0.2) is 18.5 Å². The normalized spacial score (nSPS) is 10.7. The third kappa shape index (κ3) is 7.05. The van der Waals surface area contributed by atoms with Crippen LogP contribution in [0.5, 0.6) is 0 Å². The van der Waals surface area contributed by atoms with Crippen LogP contribution >= 0.6 is 0 Å². The van der Waals surface area contributed by atoms with Crippen LogP contribution < -0.4 is 10.6 Å². The molecule has 0 saturated carbocycles. The molecule has 0 radical (unpaired) electrons. The molecule has 17 heavy (non-hydrogen) atoms. The van der Waals surface area contributed by atoms with Gasteiger partial charge in [-0.15, -0.1) is 0 Å². The summed E-state index contributed by atoms with van der Waals surface area (Å²) in [6.45, 7) is 6.72. The molecule has 4 heteroatoms. The van der Waals surface area contributed by atoms with Gasteiger partial charge < -0.3 is 15.4 Å². The Bertz CT molecular complexity index is 304. The Hall–Kier alpha value is -0.970. The smallest absolute Gasteiger partial charge is 0.0587 e. The zero-order valence-corrected chi connectivity index (χ0v) is 10.8. The summed E-state index contributed by atoms with van der Waals surface area (Å²) in [6.07, 6.45) is 4.92. The van der Waals surface area contributed by atoms with Gasteiger partial charge >= 0.3 is 0 Å². The molecule has 0 spiro atoms. The number of aromatic nitrogens is 1. The number of hydrogen-bond donors (Lipinski definition) is 2. The number of nitrogens with one attached hydrogen (secondary N) is 2. The van der Waals surface area contributed by atoms with Gasteiger partial charge in [0.1, 0.15) is 0 Å². The second kappa shape index (κ2) is 9.10. The first-order valence-electron chi connectivity index (χ1n) is 6.14. The molecule has 4 nitrogen and oxygen atoms in total. The molecule has 0 unspecified atom stereocenters. The van der Waals surface area contributed by atoms with Gasteiger partial charge in [-0.1, -0.05) is 6.07 Å². The summed E-state index contributed by atoms with van der Waals surface area (Å²) in [5.74, 6) is 0. The first-order chi connectivity index (χ1) is 8.33. The molecule has 2 N–H and O–H groups in total. The van der Waals surface area contributed by atoms with Crippen molar-refractivity contribution in [1.29, 1.82) is 0 Å². The van der Waals surface area contributed by atoms with Crippen molar-refractivity contribution in [3.05, 3.63) is 29.6 Å². The van der Waals surface area contributed by atoms with E-state index in [-0.39, 0.29) is 0 Å². The maximum atomic E-state index is 4.95. The molecule has 0 bridgehead atoms. The minimum absolute atomic E-state index is 0.780. The Kier molecular flexibility index (Phi) is 7.54. The van der Waals surface area contributed by atoms with Crippen LogP contribution in [0, 0.1) is 6.92 Å². The van der Waals surface area contributed by atoms with Gasteiger partial charge in [0.2, 0.25) is 0 Å². The molecule has 0 atom stereocenters. The lowest BCUT2D eigenvalue weighted by atomic mass is 10.2. The van der Waals surface area contributed by atoms with Gasteiger partial charge in [-0.2, -0.15) is 0 Å². The van der Waals surface area contributed by atoms with Gasteiger partial charge in [-0.25, -0.2) is 0 Å². The van der Waals surface area contributed by atoms with E-state index in [0.717, 1.165) is 39.2 Å². The lowest BCUT2D eigenvalue weighted by molar-refractivity contribution is 0.199. The van der Waals surface area contributed by atoms with Gasteiger partial charge in [-0.05, 0) is 37.6 Å². The maximum absolute atomic E-state index is 4.95. The van der Waals surface area contributed by atoms with Gasteiger partial charge in [0, 0.05) is 32.6 Å². The minimum atomic E-state index is 0.780. The fourth-order valence-corrected chi connectivity index (χ4v) is 1.58. The minimum Gasteiger partial charge on any atom is -0.383 e. The van der Waals surface area contributed by atoms with Crippen molar-refractivity contribution in [3.8, 4) is 0 Å². The zero-order chi connectivity index (χ0) is 12.3. The van der Waals surface area contributed by atoms with E-state index >= 15 is 0 Å². The summed E-state index contributed by atoms with van der Waals surface area (Å²) in [5.41, 5.74) is 2.46. The number of ether oxygens (including phenoxy) is 1. The summed E-state index contributed by atoms with van der Waals surface area (Å²) < 4.78 is 4.95.